The molecular weight excluding hydrogens is 380 g/mol. The number of pyridine rings is 1. The van der Waals surface area contributed by atoms with Crippen molar-refractivity contribution >= 4 is 36.9 Å². The maximum Gasteiger partial charge on any atom is 0.242 e. The molecule has 0 atom stereocenters. The van der Waals surface area contributed by atoms with E-state index in [1.807, 2.05) is 18.3 Å². The van der Waals surface area contributed by atoms with Crippen LogP contribution in [0.1, 0.15) is 6.42 Å². The first kappa shape index (κ1) is 16.1. The van der Waals surface area contributed by atoms with Crippen LogP contribution in [0.5, 0.6) is 0 Å². The summed E-state index contributed by atoms with van der Waals surface area (Å²) in [6, 6.07) is 8.77. The van der Waals surface area contributed by atoms with Gasteiger partial charge in [-0.25, -0.2) is 13.1 Å². The number of sulfonamides is 1. The number of fused-ring (bicyclic) bond motifs is 1. The number of para-hydroxylation sites is 1. The quantitative estimate of drug-likeness (QED) is 0.651. The van der Waals surface area contributed by atoms with Crippen molar-refractivity contribution in [2.45, 2.75) is 17.9 Å². The van der Waals surface area contributed by atoms with E-state index < -0.39 is 10.0 Å². The summed E-state index contributed by atoms with van der Waals surface area (Å²) in [6.07, 6.45) is 5.79. The Bertz CT molecular complexity index is 919. The molecule has 0 fully saturated rings. The predicted molar refractivity (Wildman–Crippen MR) is 91.5 cm³/mol. The highest BCUT2D eigenvalue weighted by atomic mass is 79.9. The highest BCUT2D eigenvalue weighted by Gasteiger charge is 2.17. The van der Waals surface area contributed by atoms with Crippen molar-refractivity contribution in [2.75, 3.05) is 6.54 Å². The van der Waals surface area contributed by atoms with Crippen LogP contribution < -0.4 is 4.72 Å². The highest BCUT2D eigenvalue weighted by Crippen LogP contribution is 2.20. The van der Waals surface area contributed by atoms with Crippen LogP contribution in [0, 0.1) is 0 Å². The van der Waals surface area contributed by atoms with Gasteiger partial charge in [0.15, 0.2) is 0 Å². The lowest BCUT2D eigenvalue weighted by atomic mass is 10.2. The number of nitrogens with one attached hydrogen (secondary N) is 1. The zero-order valence-corrected chi connectivity index (χ0v) is 14.6. The van der Waals surface area contributed by atoms with Gasteiger partial charge in [-0.3, -0.25) is 9.67 Å². The standard InChI is InChI=1S/C15H15BrN4O2S/c16-13-10-18-20(11-13)9-3-8-19-23(21,22)14-6-1-4-12-5-2-7-17-15(12)14/h1-2,4-7,10-11,19H,3,8-9H2. The minimum atomic E-state index is -3.59. The molecule has 2 aromatic heterocycles. The fourth-order valence-electron chi connectivity index (χ4n) is 2.28. The number of hydrogen-bond donors (Lipinski definition) is 1. The van der Waals surface area contributed by atoms with Crippen LogP contribution in [-0.4, -0.2) is 29.7 Å². The molecule has 0 unspecified atom stereocenters. The highest BCUT2D eigenvalue weighted by molar-refractivity contribution is 9.10. The lowest BCUT2D eigenvalue weighted by Gasteiger charge is -2.09. The largest absolute Gasteiger partial charge is 0.272 e. The van der Waals surface area contributed by atoms with Crippen molar-refractivity contribution in [2.24, 2.45) is 0 Å². The van der Waals surface area contributed by atoms with Gasteiger partial charge in [0.25, 0.3) is 0 Å². The Morgan fingerprint density at radius 3 is 2.83 bits per heavy atom. The second-order valence-electron chi connectivity index (χ2n) is 5.00. The summed E-state index contributed by atoms with van der Waals surface area (Å²) in [5.41, 5.74) is 0.485. The van der Waals surface area contributed by atoms with Crippen molar-refractivity contribution in [1.29, 1.82) is 0 Å². The number of halogens is 1. The molecule has 3 aromatic rings. The van der Waals surface area contributed by atoms with Gasteiger partial charge in [0.05, 0.1) is 16.2 Å². The zero-order chi connectivity index (χ0) is 16.3. The Labute approximate surface area is 142 Å². The first-order valence-electron chi connectivity index (χ1n) is 7.08. The summed E-state index contributed by atoms with van der Waals surface area (Å²) in [7, 11) is -3.59. The topological polar surface area (TPSA) is 76.9 Å². The first-order chi connectivity index (χ1) is 11.1. The van der Waals surface area contributed by atoms with Gasteiger partial charge in [0.1, 0.15) is 4.90 Å². The molecule has 0 amide bonds. The summed E-state index contributed by atoms with van der Waals surface area (Å²) < 4.78 is 30.2. The number of rotatable bonds is 6. The molecule has 0 aliphatic heterocycles. The fourth-order valence-corrected chi connectivity index (χ4v) is 3.86. The summed E-state index contributed by atoms with van der Waals surface area (Å²) in [4.78, 5) is 4.39. The van der Waals surface area contributed by atoms with Crippen molar-refractivity contribution in [3.63, 3.8) is 0 Å². The van der Waals surface area contributed by atoms with Gasteiger partial charge in [-0.15, -0.1) is 0 Å². The Hall–Kier alpha value is -1.77. The van der Waals surface area contributed by atoms with E-state index in [2.05, 4.69) is 30.7 Å². The molecule has 0 aliphatic rings. The van der Waals surface area contributed by atoms with E-state index in [-0.39, 0.29) is 4.90 Å². The van der Waals surface area contributed by atoms with Crippen LogP contribution in [0.3, 0.4) is 0 Å². The smallest absolute Gasteiger partial charge is 0.242 e. The van der Waals surface area contributed by atoms with Gasteiger partial charge in [-0.1, -0.05) is 18.2 Å². The van der Waals surface area contributed by atoms with E-state index in [0.717, 1.165) is 9.86 Å². The van der Waals surface area contributed by atoms with Crippen LogP contribution in [0.4, 0.5) is 0 Å². The van der Waals surface area contributed by atoms with Gasteiger partial charge in [-0.2, -0.15) is 5.10 Å². The van der Waals surface area contributed by atoms with E-state index >= 15 is 0 Å². The minimum Gasteiger partial charge on any atom is -0.272 e. The lowest BCUT2D eigenvalue weighted by Crippen LogP contribution is -2.26. The molecule has 3 rings (SSSR count). The summed E-state index contributed by atoms with van der Waals surface area (Å²) >= 11 is 3.32. The van der Waals surface area contributed by atoms with Crippen LogP contribution in [0.25, 0.3) is 10.9 Å². The van der Waals surface area contributed by atoms with Crippen LogP contribution in [0.2, 0.25) is 0 Å². The maximum atomic E-state index is 12.5. The number of nitrogens with zero attached hydrogens (tertiary/aromatic N) is 3. The molecule has 0 saturated heterocycles. The number of hydrogen-bond acceptors (Lipinski definition) is 4. The summed E-state index contributed by atoms with van der Waals surface area (Å²) in [5, 5.41) is 4.93. The van der Waals surface area contributed by atoms with Gasteiger partial charge >= 0.3 is 0 Å². The number of aryl methyl sites for hydroxylation is 1. The SMILES string of the molecule is O=S(=O)(NCCCn1cc(Br)cn1)c1cccc2cccnc12. The van der Waals surface area contributed by atoms with Crippen molar-refractivity contribution in [1.82, 2.24) is 19.5 Å². The fraction of sp³-hybridized carbons (Fsp3) is 0.200. The van der Waals surface area contributed by atoms with Gasteiger partial charge < -0.3 is 0 Å². The normalized spacial score (nSPS) is 11.9. The average Bonchev–Trinajstić information content (AvgIpc) is 2.96. The van der Waals surface area contributed by atoms with Crippen LogP contribution >= 0.6 is 15.9 Å². The zero-order valence-electron chi connectivity index (χ0n) is 12.2. The minimum absolute atomic E-state index is 0.206. The molecule has 0 aliphatic carbocycles. The molecular formula is C15H15BrN4O2S. The summed E-state index contributed by atoms with van der Waals surface area (Å²) in [5.74, 6) is 0. The van der Waals surface area contributed by atoms with Gasteiger partial charge in [0, 0.05) is 30.9 Å². The van der Waals surface area contributed by atoms with Crippen LogP contribution in [-0.2, 0) is 16.6 Å². The van der Waals surface area contributed by atoms with E-state index in [1.165, 1.54) is 0 Å². The van der Waals surface area contributed by atoms with Gasteiger partial charge in [0.2, 0.25) is 10.0 Å². The molecule has 1 aromatic carbocycles. The molecule has 0 radical (unpaired) electrons. The first-order valence-corrected chi connectivity index (χ1v) is 9.35. The molecule has 8 heteroatoms. The lowest BCUT2D eigenvalue weighted by molar-refractivity contribution is 0.553. The van der Waals surface area contributed by atoms with Crippen molar-refractivity contribution < 1.29 is 8.42 Å². The third-order valence-electron chi connectivity index (χ3n) is 3.34. The molecule has 0 saturated carbocycles. The predicted octanol–water partition coefficient (Wildman–Crippen LogP) is 2.56. The monoisotopic (exact) mass is 394 g/mol. The molecule has 0 bridgehead atoms. The summed E-state index contributed by atoms with van der Waals surface area (Å²) in [6.45, 7) is 0.977. The van der Waals surface area contributed by atoms with E-state index in [0.29, 0.717) is 25.0 Å². The number of aromatic nitrogens is 3. The third-order valence-corrected chi connectivity index (χ3v) is 5.25. The second-order valence-corrected chi connectivity index (χ2v) is 7.66. The van der Waals surface area contributed by atoms with Crippen molar-refractivity contribution in [3.05, 3.63) is 53.4 Å². The molecule has 23 heavy (non-hydrogen) atoms. The Balaban J connectivity index is 1.68. The van der Waals surface area contributed by atoms with Gasteiger partial charge in [-0.05, 0) is 34.5 Å². The molecule has 0 spiro atoms. The molecule has 1 N–H and O–H groups in total. The van der Waals surface area contributed by atoms with E-state index in [4.69, 9.17) is 0 Å². The molecule has 120 valence electrons. The maximum absolute atomic E-state index is 12.5. The molecule has 6 nitrogen and oxygen atoms in total. The second kappa shape index (κ2) is 6.77. The van der Waals surface area contributed by atoms with E-state index in [9.17, 15) is 8.42 Å². The van der Waals surface area contributed by atoms with Crippen LogP contribution in [0.15, 0.2) is 58.3 Å². The van der Waals surface area contributed by atoms with E-state index in [1.54, 1.807) is 35.3 Å². The number of benzene rings is 1. The Kier molecular flexibility index (Phi) is 4.74. The Morgan fingerprint density at radius 1 is 1.22 bits per heavy atom. The molecule has 2 heterocycles. The van der Waals surface area contributed by atoms with Crippen molar-refractivity contribution in [3.8, 4) is 0 Å². The Morgan fingerprint density at radius 2 is 2.04 bits per heavy atom. The third kappa shape index (κ3) is 3.77. The average molecular weight is 395 g/mol.